The molecule has 0 saturated heterocycles. The molecule has 0 aliphatic heterocycles. The Morgan fingerprint density at radius 2 is 2.04 bits per heavy atom. The molecular formula is C18H22N2O2S. The maximum atomic E-state index is 12.0. The predicted molar refractivity (Wildman–Crippen MR) is 93.3 cm³/mol. The van der Waals surface area contributed by atoms with E-state index in [4.69, 9.17) is 4.74 Å². The number of anilines is 1. The van der Waals surface area contributed by atoms with E-state index in [1.165, 1.54) is 23.3 Å². The molecule has 0 fully saturated rings. The third kappa shape index (κ3) is 4.32. The van der Waals surface area contributed by atoms with Crippen molar-refractivity contribution in [1.29, 1.82) is 0 Å². The standard InChI is InChI=1S/C18H22N2O2S/c1-2-5-13-8-10-14(11-9-13)22-12-17(21)20-18-19-15-6-3-4-7-16(15)23-18/h8-11H,2-7,12H2,1H3,(H,19,20,21). The van der Waals surface area contributed by atoms with Gasteiger partial charge in [-0.05, 0) is 49.8 Å². The number of carbonyl (C=O) groups excluding carboxylic acids is 1. The van der Waals surface area contributed by atoms with Gasteiger partial charge in [-0.2, -0.15) is 0 Å². The average molecular weight is 330 g/mol. The summed E-state index contributed by atoms with van der Waals surface area (Å²) in [4.78, 5) is 17.8. The second kappa shape index (κ2) is 7.59. The summed E-state index contributed by atoms with van der Waals surface area (Å²) in [5.41, 5.74) is 2.45. The van der Waals surface area contributed by atoms with Crippen LogP contribution in [0.1, 0.15) is 42.3 Å². The van der Waals surface area contributed by atoms with E-state index in [1.807, 2.05) is 24.3 Å². The van der Waals surface area contributed by atoms with E-state index in [1.54, 1.807) is 11.3 Å². The largest absolute Gasteiger partial charge is 0.484 e. The summed E-state index contributed by atoms with van der Waals surface area (Å²) in [7, 11) is 0. The van der Waals surface area contributed by atoms with Crippen LogP contribution in [0.3, 0.4) is 0 Å². The first-order valence-electron chi connectivity index (χ1n) is 8.25. The molecule has 0 saturated carbocycles. The Morgan fingerprint density at radius 3 is 2.78 bits per heavy atom. The number of nitrogens with one attached hydrogen (secondary N) is 1. The number of fused-ring (bicyclic) bond motifs is 1. The molecule has 1 amide bonds. The molecule has 1 aliphatic carbocycles. The molecule has 4 nitrogen and oxygen atoms in total. The second-order valence-corrected chi connectivity index (χ2v) is 6.91. The lowest BCUT2D eigenvalue weighted by molar-refractivity contribution is -0.118. The second-order valence-electron chi connectivity index (χ2n) is 5.83. The molecule has 0 spiro atoms. The van der Waals surface area contributed by atoms with Gasteiger partial charge in [0, 0.05) is 4.88 Å². The minimum Gasteiger partial charge on any atom is -0.484 e. The zero-order valence-electron chi connectivity index (χ0n) is 13.4. The van der Waals surface area contributed by atoms with Gasteiger partial charge in [0.05, 0.1) is 5.69 Å². The smallest absolute Gasteiger partial charge is 0.264 e. The minimum absolute atomic E-state index is 0.0113. The highest BCUT2D eigenvalue weighted by Crippen LogP contribution is 2.29. The fraction of sp³-hybridized carbons (Fsp3) is 0.444. The monoisotopic (exact) mass is 330 g/mol. The molecule has 5 heteroatoms. The molecular weight excluding hydrogens is 308 g/mol. The van der Waals surface area contributed by atoms with Gasteiger partial charge in [0.1, 0.15) is 5.75 Å². The molecule has 0 bridgehead atoms. The Hall–Kier alpha value is -1.88. The number of rotatable bonds is 6. The highest BCUT2D eigenvalue weighted by molar-refractivity contribution is 7.15. The van der Waals surface area contributed by atoms with Gasteiger partial charge >= 0.3 is 0 Å². The first kappa shape index (κ1) is 16.0. The van der Waals surface area contributed by atoms with Crippen molar-refractivity contribution in [2.45, 2.75) is 45.4 Å². The van der Waals surface area contributed by atoms with Crippen molar-refractivity contribution in [3.8, 4) is 5.75 Å². The molecule has 1 N–H and O–H groups in total. The SMILES string of the molecule is CCCc1ccc(OCC(=O)Nc2nc3c(s2)CCCC3)cc1. The van der Waals surface area contributed by atoms with Gasteiger partial charge in [-0.15, -0.1) is 11.3 Å². The van der Waals surface area contributed by atoms with Crippen LogP contribution >= 0.6 is 11.3 Å². The first-order chi connectivity index (χ1) is 11.2. The van der Waals surface area contributed by atoms with Crippen LogP contribution in [0.5, 0.6) is 5.75 Å². The van der Waals surface area contributed by atoms with Crippen LogP contribution in [0.4, 0.5) is 5.13 Å². The summed E-state index contributed by atoms with van der Waals surface area (Å²) in [5.74, 6) is 0.562. The highest BCUT2D eigenvalue weighted by Gasteiger charge is 2.16. The van der Waals surface area contributed by atoms with Crippen LogP contribution in [-0.2, 0) is 24.1 Å². The van der Waals surface area contributed by atoms with Gasteiger partial charge in [-0.1, -0.05) is 25.5 Å². The van der Waals surface area contributed by atoms with Gasteiger partial charge in [0.15, 0.2) is 11.7 Å². The van der Waals surface area contributed by atoms with Crippen molar-refractivity contribution in [2.75, 3.05) is 11.9 Å². The van der Waals surface area contributed by atoms with Gasteiger partial charge in [0.25, 0.3) is 5.91 Å². The number of aryl methyl sites for hydroxylation is 3. The Bertz CT molecular complexity index is 641. The Balaban J connectivity index is 1.50. The van der Waals surface area contributed by atoms with E-state index in [9.17, 15) is 4.79 Å². The summed E-state index contributed by atoms with van der Waals surface area (Å²) < 4.78 is 5.54. The number of ether oxygens (including phenoxy) is 1. The predicted octanol–water partition coefficient (Wildman–Crippen LogP) is 3.99. The van der Waals surface area contributed by atoms with Gasteiger partial charge in [-0.3, -0.25) is 10.1 Å². The molecule has 0 unspecified atom stereocenters. The maximum absolute atomic E-state index is 12.0. The maximum Gasteiger partial charge on any atom is 0.264 e. The van der Waals surface area contributed by atoms with Crippen molar-refractivity contribution < 1.29 is 9.53 Å². The zero-order valence-corrected chi connectivity index (χ0v) is 14.2. The first-order valence-corrected chi connectivity index (χ1v) is 9.06. The van der Waals surface area contributed by atoms with Crippen LogP contribution in [-0.4, -0.2) is 17.5 Å². The van der Waals surface area contributed by atoms with Gasteiger partial charge in [0.2, 0.25) is 0 Å². The van der Waals surface area contributed by atoms with E-state index in [2.05, 4.69) is 17.2 Å². The van der Waals surface area contributed by atoms with Crippen molar-refractivity contribution in [2.24, 2.45) is 0 Å². The number of carbonyl (C=O) groups is 1. The molecule has 122 valence electrons. The molecule has 1 aromatic carbocycles. The topological polar surface area (TPSA) is 51.2 Å². The molecule has 3 rings (SSSR count). The van der Waals surface area contributed by atoms with Gasteiger partial charge < -0.3 is 4.74 Å². The quantitative estimate of drug-likeness (QED) is 0.871. The molecule has 0 atom stereocenters. The number of hydrogen-bond donors (Lipinski definition) is 1. The Kier molecular flexibility index (Phi) is 5.28. The summed E-state index contributed by atoms with van der Waals surface area (Å²) in [6, 6.07) is 7.93. The molecule has 1 heterocycles. The minimum atomic E-state index is -0.159. The van der Waals surface area contributed by atoms with Crippen LogP contribution in [0, 0.1) is 0 Å². The summed E-state index contributed by atoms with van der Waals surface area (Å²) in [5, 5.41) is 3.54. The van der Waals surface area contributed by atoms with Crippen LogP contribution in [0.15, 0.2) is 24.3 Å². The Labute approximate surface area is 140 Å². The number of benzene rings is 1. The lowest BCUT2D eigenvalue weighted by atomic mass is 10.0. The summed E-state index contributed by atoms with van der Waals surface area (Å²) in [6.07, 6.45) is 6.72. The van der Waals surface area contributed by atoms with E-state index >= 15 is 0 Å². The highest BCUT2D eigenvalue weighted by atomic mass is 32.1. The van der Waals surface area contributed by atoms with Crippen molar-refractivity contribution in [3.63, 3.8) is 0 Å². The normalized spacial score (nSPS) is 13.4. The number of aromatic nitrogens is 1. The van der Waals surface area contributed by atoms with E-state index in [-0.39, 0.29) is 12.5 Å². The van der Waals surface area contributed by atoms with Crippen molar-refractivity contribution in [1.82, 2.24) is 4.98 Å². The average Bonchev–Trinajstić information content (AvgIpc) is 2.96. The lowest BCUT2D eigenvalue weighted by Crippen LogP contribution is -2.20. The lowest BCUT2D eigenvalue weighted by Gasteiger charge is -2.06. The molecule has 0 radical (unpaired) electrons. The third-order valence-electron chi connectivity index (χ3n) is 3.92. The van der Waals surface area contributed by atoms with Crippen molar-refractivity contribution in [3.05, 3.63) is 40.4 Å². The molecule has 1 aliphatic rings. The van der Waals surface area contributed by atoms with Crippen LogP contribution < -0.4 is 10.1 Å². The van der Waals surface area contributed by atoms with E-state index in [0.717, 1.165) is 37.1 Å². The number of nitrogens with zero attached hydrogens (tertiary/aromatic N) is 1. The molecule has 2 aromatic rings. The van der Waals surface area contributed by atoms with E-state index in [0.29, 0.717) is 5.13 Å². The fourth-order valence-electron chi connectivity index (χ4n) is 2.75. The van der Waals surface area contributed by atoms with Crippen molar-refractivity contribution >= 4 is 22.4 Å². The fourth-order valence-corrected chi connectivity index (χ4v) is 3.82. The zero-order chi connectivity index (χ0) is 16.1. The summed E-state index contributed by atoms with van der Waals surface area (Å²) in [6.45, 7) is 2.17. The van der Waals surface area contributed by atoms with Crippen LogP contribution in [0.2, 0.25) is 0 Å². The molecule has 23 heavy (non-hydrogen) atoms. The Morgan fingerprint density at radius 1 is 1.26 bits per heavy atom. The summed E-state index contributed by atoms with van der Waals surface area (Å²) >= 11 is 1.59. The van der Waals surface area contributed by atoms with E-state index < -0.39 is 0 Å². The number of hydrogen-bond acceptors (Lipinski definition) is 4. The third-order valence-corrected chi connectivity index (χ3v) is 5.00. The molecule has 1 aromatic heterocycles. The van der Waals surface area contributed by atoms with Crippen LogP contribution in [0.25, 0.3) is 0 Å². The number of thiazole rings is 1. The number of amides is 1. The van der Waals surface area contributed by atoms with Gasteiger partial charge in [-0.25, -0.2) is 4.98 Å².